The Balaban J connectivity index is 0.00000176. The topological polar surface area (TPSA) is 45.5 Å². The van der Waals surface area contributed by atoms with Crippen molar-refractivity contribution in [2.75, 3.05) is 26.2 Å². The first kappa shape index (κ1) is 17.6. The Morgan fingerprint density at radius 2 is 2.00 bits per heavy atom. The lowest BCUT2D eigenvalue weighted by molar-refractivity contribution is 0.299. The van der Waals surface area contributed by atoms with E-state index in [0.29, 0.717) is 0 Å². The van der Waals surface area contributed by atoms with Crippen molar-refractivity contribution in [1.29, 1.82) is 0 Å². The van der Waals surface area contributed by atoms with Gasteiger partial charge in [-0.05, 0) is 37.7 Å². The van der Waals surface area contributed by atoms with Gasteiger partial charge in [0, 0.05) is 32.0 Å². The first-order chi connectivity index (χ1) is 10.4. The molecule has 0 aromatic carbocycles. The molecule has 1 aromatic heterocycles. The lowest BCUT2D eigenvalue weighted by Crippen LogP contribution is -2.40. The van der Waals surface area contributed by atoms with E-state index in [1.54, 1.807) is 0 Å². The fourth-order valence-corrected chi connectivity index (χ4v) is 3.70. The number of guanidine groups is 1. The summed E-state index contributed by atoms with van der Waals surface area (Å²) in [6.07, 6.45) is 9.47. The quantitative estimate of drug-likeness (QED) is 0.466. The summed E-state index contributed by atoms with van der Waals surface area (Å²) in [5, 5.41) is 7.69. The predicted octanol–water partition coefficient (Wildman–Crippen LogP) is 2.59. The predicted molar refractivity (Wildman–Crippen MR) is 101 cm³/mol. The molecule has 0 amide bonds. The number of aliphatic imine (C=N–C) groups is 1. The molecule has 1 saturated carbocycles. The van der Waals surface area contributed by atoms with Gasteiger partial charge in [-0.2, -0.15) is 5.10 Å². The first-order valence-corrected chi connectivity index (χ1v) is 8.37. The van der Waals surface area contributed by atoms with Crippen molar-refractivity contribution in [3.05, 3.63) is 18.5 Å². The molecule has 2 unspecified atom stereocenters. The summed E-state index contributed by atoms with van der Waals surface area (Å²) >= 11 is 0. The van der Waals surface area contributed by atoms with Crippen LogP contribution in [0.3, 0.4) is 0 Å². The normalized spacial score (nSPS) is 24.8. The van der Waals surface area contributed by atoms with Crippen molar-refractivity contribution in [3.8, 4) is 0 Å². The summed E-state index contributed by atoms with van der Waals surface area (Å²) in [4.78, 5) is 7.28. The molecule has 0 bridgehead atoms. The molecule has 1 aromatic rings. The number of hydrogen-bond acceptors (Lipinski definition) is 2. The molecular weight excluding hydrogens is 389 g/mol. The maximum absolute atomic E-state index is 4.80. The Bertz CT molecular complexity index is 445. The minimum Gasteiger partial charge on any atom is -0.357 e. The van der Waals surface area contributed by atoms with Crippen molar-refractivity contribution >= 4 is 29.9 Å². The Labute approximate surface area is 150 Å². The average Bonchev–Trinajstić information content (AvgIpc) is 3.15. The summed E-state index contributed by atoms with van der Waals surface area (Å²) in [6.45, 7) is 7.10. The molecule has 3 rings (SSSR count). The van der Waals surface area contributed by atoms with E-state index in [2.05, 4.69) is 22.2 Å². The Morgan fingerprint density at radius 3 is 2.59 bits per heavy atom. The third kappa shape index (κ3) is 4.36. The molecule has 1 N–H and O–H groups in total. The number of fused-ring (bicyclic) bond motifs is 1. The van der Waals surface area contributed by atoms with E-state index in [9.17, 15) is 0 Å². The molecule has 1 aliphatic carbocycles. The highest BCUT2D eigenvalue weighted by atomic mass is 127. The maximum Gasteiger partial charge on any atom is 0.193 e. The van der Waals surface area contributed by atoms with Crippen molar-refractivity contribution in [2.24, 2.45) is 16.8 Å². The lowest BCUT2D eigenvalue weighted by atomic mass is 9.82. The number of hydrogen-bond donors (Lipinski definition) is 1. The first-order valence-electron chi connectivity index (χ1n) is 8.37. The maximum atomic E-state index is 4.80. The van der Waals surface area contributed by atoms with Gasteiger partial charge in [0.1, 0.15) is 0 Å². The zero-order chi connectivity index (χ0) is 14.5. The van der Waals surface area contributed by atoms with Gasteiger partial charge < -0.3 is 10.2 Å². The zero-order valence-corrected chi connectivity index (χ0v) is 15.8. The summed E-state index contributed by atoms with van der Waals surface area (Å²) < 4.78 is 1.94. The highest BCUT2D eigenvalue weighted by Gasteiger charge is 2.35. The van der Waals surface area contributed by atoms with Gasteiger partial charge in [-0.1, -0.05) is 12.8 Å². The van der Waals surface area contributed by atoms with E-state index >= 15 is 0 Å². The highest BCUT2D eigenvalue weighted by molar-refractivity contribution is 14.0. The number of halogens is 1. The van der Waals surface area contributed by atoms with Crippen LogP contribution in [0.25, 0.3) is 0 Å². The van der Waals surface area contributed by atoms with Gasteiger partial charge in [-0.25, -0.2) is 0 Å². The molecule has 1 aliphatic heterocycles. The number of nitrogens with zero attached hydrogens (tertiary/aromatic N) is 4. The van der Waals surface area contributed by atoms with Gasteiger partial charge in [0.05, 0.1) is 13.1 Å². The number of rotatable bonds is 4. The van der Waals surface area contributed by atoms with Gasteiger partial charge in [0.25, 0.3) is 0 Å². The van der Waals surface area contributed by atoms with Crippen LogP contribution in [-0.2, 0) is 6.54 Å². The molecule has 0 radical (unpaired) electrons. The van der Waals surface area contributed by atoms with Crippen LogP contribution >= 0.6 is 24.0 Å². The highest BCUT2D eigenvalue weighted by Crippen LogP contribution is 2.35. The van der Waals surface area contributed by atoms with Crippen molar-refractivity contribution in [3.63, 3.8) is 0 Å². The van der Waals surface area contributed by atoms with Gasteiger partial charge in [0.2, 0.25) is 0 Å². The minimum atomic E-state index is 0. The van der Waals surface area contributed by atoms with E-state index in [0.717, 1.165) is 37.4 Å². The summed E-state index contributed by atoms with van der Waals surface area (Å²) in [5.41, 5.74) is 0. The Hall–Kier alpha value is -0.790. The third-order valence-electron chi connectivity index (χ3n) is 4.76. The smallest absolute Gasteiger partial charge is 0.193 e. The summed E-state index contributed by atoms with van der Waals surface area (Å²) in [6, 6.07) is 1.96. The minimum absolute atomic E-state index is 0. The fraction of sp³-hybridized carbons (Fsp3) is 0.750. The van der Waals surface area contributed by atoms with Gasteiger partial charge in [-0.15, -0.1) is 24.0 Å². The largest absolute Gasteiger partial charge is 0.357 e. The third-order valence-corrected chi connectivity index (χ3v) is 4.76. The average molecular weight is 417 g/mol. The SMILES string of the molecule is CCNC(=NCCn1cccn1)N1CC2CCCCC2C1.I. The fourth-order valence-electron chi connectivity index (χ4n) is 3.70. The van der Waals surface area contributed by atoms with Crippen LogP contribution in [0.2, 0.25) is 0 Å². The molecule has 0 spiro atoms. The second-order valence-corrected chi connectivity index (χ2v) is 6.21. The monoisotopic (exact) mass is 417 g/mol. The second-order valence-electron chi connectivity index (χ2n) is 6.21. The number of nitrogens with one attached hydrogen (secondary N) is 1. The molecule has 2 atom stereocenters. The molecular formula is C16H28IN5. The molecule has 22 heavy (non-hydrogen) atoms. The van der Waals surface area contributed by atoms with Crippen molar-refractivity contribution in [2.45, 2.75) is 39.2 Å². The van der Waals surface area contributed by atoms with E-state index in [-0.39, 0.29) is 24.0 Å². The van der Waals surface area contributed by atoms with Crippen molar-refractivity contribution in [1.82, 2.24) is 20.0 Å². The number of likely N-dealkylation sites (tertiary alicyclic amines) is 1. The van der Waals surface area contributed by atoms with Crippen LogP contribution in [0, 0.1) is 11.8 Å². The van der Waals surface area contributed by atoms with E-state index in [4.69, 9.17) is 4.99 Å². The van der Waals surface area contributed by atoms with Crippen LogP contribution in [0.5, 0.6) is 0 Å². The molecule has 5 nitrogen and oxygen atoms in total. The van der Waals surface area contributed by atoms with Crippen LogP contribution in [0.1, 0.15) is 32.6 Å². The van der Waals surface area contributed by atoms with Gasteiger partial charge >= 0.3 is 0 Å². The van der Waals surface area contributed by atoms with E-state index in [1.165, 1.54) is 38.8 Å². The molecule has 6 heteroatoms. The number of aromatic nitrogens is 2. The Kier molecular flexibility index (Phi) is 6.98. The van der Waals surface area contributed by atoms with E-state index in [1.807, 2.05) is 23.1 Å². The van der Waals surface area contributed by atoms with Gasteiger partial charge in [0.15, 0.2) is 5.96 Å². The summed E-state index contributed by atoms with van der Waals surface area (Å²) in [5.74, 6) is 2.89. The Morgan fingerprint density at radius 1 is 1.27 bits per heavy atom. The molecule has 2 heterocycles. The molecule has 2 fully saturated rings. The van der Waals surface area contributed by atoms with Crippen LogP contribution < -0.4 is 5.32 Å². The lowest BCUT2D eigenvalue weighted by Gasteiger charge is -2.22. The van der Waals surface area contributed by atoms with Crippen LogP contribution in [0.15, 0.2) is 23.5 Å². The molecule has 124 valence electrons. The van der Waals surface area contributed by atoms with Crippen LogP contribution in [-0.4, -0.2) is 46.8 Å². The second kappa shape index (κ2) is 8.74. The zero-order valence-electron chi connectivity index (χ0n) is 13.4. The summed E-state index contributed by atoms with van der Waals surface area (Å²) in [7, 11) is 0. The van der Waals surface area contributed by atoms with Crippen molar-refractivity contribution < 1.29 is 0 Å². The van der Waals surface area contributed by atoms with Crippen LogP contribution in [0.4, 0.5) is 0 Å². The molecule has 1 saturated heterocycles. The standard InChI is InChI=1S/C16H27N5.HI/c1-2-17-16(18-9-11-21-10-5-8-19-21)20-12-14-6-3-4-7-15(14)13-20;/h5,8,10,14-15H,2-4,6-7,9,11-13H2,1H3,(H,17,18);1H. The van der Waals surface area contributed by atoms with Gasteiger partial charge in [-0.3, -0.25) is 9.67 Å². The molecule has 2 aliphatic rings. The van der Waals surface area contributed by atoms with E-state index < -0.39 is 0 Å².